The molecule has 1 saturated heterocycles. The van der Waals surface area contributed by atoms with E-state index in [2.05, 4.69) is 6.92 Å². The molecular weight excluding hydrogens is 350 g/mol. The number of unbranched alkanes of at least 4 members (excludes halogenated alkanes) is 1. The minimum Gasteiger partial charge on any atom is -0.492 e. The average molecular weight is 376 g/mol. The Bertz CT molecular complexity index is 667. The normalized spacial score (nSPS) is 22.5. The lowest BCUT2D eigenvalue weighted by atomic mass is 10.2. The van der Waals surface area contributed by atoms with Crippen molar-refractivity contribution in [1.29, 1.82) is 0 Å². The highest BCUT2D eigenvalue weighted by Crippen LogP contribution is 2.33. The van der Waals surface area contributed by atoms with Crippen molar-refractivity contribution >= 4 is 21.6 Å². The number of morpholine rings is 1. The quantitative estimate of drug-likeness (QED) is 0.712. The maximum atomic E-state index is 13.1. The van der Waals surface area contributed by atoms with E-state index in [1.807, 2.05) is 20.8 Å². The molecule has 1 heterocycles. The summed E-state index contributed by atoms with van der Waals surface area (Å²) in [7, 11) is -3.69. The SMILES string of the molecule is CCCCOc1cc(C)c(Cl)cc1S(=O)(=O)N1C[C@H](C)O[C@@H](C)C1. The highest BCUT2D eigenvalue weighted by atomic mass is 35.5. The molecule has 1 fully saturated rings. The van der Waals surface area contributed by atoms with Crippen molar-refractivity contribution < 1.29 is 17.9 Å². The molecule has 136 valence electrons. The molecule has 1 aliphatic rings. The number of aryl methyl sites for hydroxylation is 1. The Morgan fingerprint density at radius 1 is 1.29 bits per heavy atom. The van der Waals surface area contributed by atoms with Gasteiger partial charge in [-0.15, -0.1) is 0 Å². The number of rotatable bonds is 6. The standard InChI is InChI=1S/C17H26ClNO4S/c1-5-6-7-22-16-8-12(2)15(18)9-17(16)24(20,21)19-10-13(3)23-14(4)11-19/h8-9,13-14H,5-7,10-11H2,1-4H3/t13-,14-/m0/s1. The fraction of sp³-hybridized carbons (Fsp3) is 0.647. The zero-order chi connectivity index (χ0) is 17.9. The van der Waals surface area contributed by atoms with Crippen molar-refractivity contribution in [2.24, 2.45) is 0 Å². The fourth-order valence-corrected chi connectivity index (χ4v) is 4.70. The number of ether oxygens (including phenoxy) is 2. The van der Waals surface area contributed by atoms with Crippen LogP contribution in [-0.2, 0) is 14.8 Å². The molecule has 0 aromatic heterocycles. The van der Waals surface area contributed by atoms with E-state index in [-0.39, 0.29) is 17.1 Å². The topological polar surface area (TPSA) is 55.8 Å². The van der Waals surface area contributed by atoms with Gasteiger partial charge >= 0.3 is 0 Å². The minimum atomic E-state index is -3.69. The highest BCUT2D eigenvalue weighted by Gasteiger charge is 2.34. The summed E-state index contributed by atoms with van der Waals surface area (Å²) < 4.78 is 39.1. The Morgan fingerprint density at radius 3 is 2.50 bits per heavy atom. The van der Waals surface area contributed by atoms with Crippen LogP contribution in [0.5, 0.6) is 5.75 Å². The molecule has 0 spiro atoms. The second kappa shape index (κ2) is 8.04. The van der Waals surface area contributed by atoms with Crippen molar-refractivity contribution in [2.75, 3.05) is 19.7 Å². The largest absolute Gasteiger partial charge is 0.492 e. The molecule has 24 heavy (non-hydrogen) atoms. The van der Waals surface area contributed by atoms with Crippen LogP contribution in [0.25, 0.3) is 0 Å². The van der Waals surface area contributed by atoms with Gasteiger partial charge < -0.3 is 9.47 Å². The first-order valence-corrected chi connectivity index (χ1v) is 10.2. The smallest absolute Gasteiger partial charge is 0.246 e. The Hall–Kier alpha value is -0.820. The molecule has 0 radical (unpaired) electrons. The van der Waals surface area contributed by atoms with Gasteiger partial charge in [-0.2, -0.15) is 4.31 Å². The fourth-order valence-electron chi connectivity index (χ4n) is 2.74. The predicted octanol–water partition coefficient (Wildman–Crippen LogP) is 3.63. The Kier molecular flexibility index (Phi) is 6.53. The summed E-state index contributed by atoms with van der Waals surface area (Å²) >= 11 is 6.19. The van der Waals surface area contributed by atoms with E-state index in [1.165, 1.54) is 10.4 Å². The van der Waals surface area contributed by atoms with Gasteiger partial charge in [0.05, 0.1) is 18.8 Å². The van der Waals surface area contributed by atoms with Crippen LogP contribution in [0.1, 0.15) is 39.2 Å². The lowest BCUT2D eigenvalue weighted by molar-refractivity contribution is -0.0441. The van der Waals surface area contributed by atoms with Crippen LogP contribution < -0.4 is 4.74 Å². The molecule has 1 aliphatic heterocycles. The van der Waals surface area contributed by atoms with Gasteiger partial charge in [-0.1, -0.05) is 24.9 Å². The van der Waals surface area contributed by atoms with Crippen molar-refractivity contribution in [2.45, 2.75) is 57.6 Å². The van der Waals surface area contributed by atoms with Gasteiger partial charge in [0, 0.05) is 18.1 Å². The number of hydrogen-bond acceptors (Lipinski definition) is 4. The van der Waals surface area contributed by atoms with Crippen LogP contribution in [0.4, 0.5) is 0 Å². The summed E-state index contributed by atoms with van der Waals surface area (Å²) in [6.07, 6.45) is 1.56. The third-order valence-corrected chi connectivity index (χ3v) is 6.24. The maximum absolute atomic E-state index is 13.1. The molecule has 1 aromatic carbocycles. The van der Waals surface area contributed by atoms with E-state index in [1.54, 1.807) is 6.07 Å². The predicted molar refractivity (Wildman–Crippen MR) is 95.4 cm³/mol. The number of hydrogen-bond donors (Lipinski definition) is 0. The lowest BCUT2D eigenvalue weighted by Gasteiger charge is -2.34. The molecule has 2 rings (SSSR count). The van der Waals surface area contributed by atoms with Gasteiger partial charge in [-0.25, -0.2) is 8.42 Å². The van der Waals surface area contributed by atoms with Gasteiger partial charge in [0.1, 0.15) is 10.6 Å². The van der Waals surface area contributed by atoms with E-state index < -0.39 is 10.0 Å². The monoisotopic (exact) mass is 375 g/mol. The van der Waals surface area contributed by atoms with Crippen molar-refractivity contribution in [1.82, 2.24) is 4.31 Å². The first-order chi connectivity index (χ1) is 11.3. The van der Waals surface area contributed by atoms with Crippen LogP contribution in [0.15, 0.2) is 17.0 Å². The number of halogens is 1. The van der Waals surface area contributed by atoms with Crippen LogP contribution >= 0.6 is 11.6 Å². The van der Waals surface area contributed by atoms with Gasteiger partial charge in [-0.05, 0) is 44.9 Å². The second-order valence-electron chi connectivity index (χ2n) is 6.33. The van der Waals surface area contributed by atoms with E-state index in [9.17, 15) is 8.42 Å². The minimum absolute atomic E-state index is 0.135. The van der Waals surface area contributed by atoms with E-state index >= 15 is 0 Å². The van der Waals surface area contributed by atoms with Crippen LogP contribution in [-0.4, -0.2) is 44.6 Å². The highest BCUT2D eigenvalue weighted by molar-refractivity contribution is 7.89. The number of nitrogens with zero attached hydrogens (tertiary/aromatic N) is 1. The Labute approximate surface area is 149 Å². The van der Waals surface area contributed by atoms with E-state index in [0.29, 0.717) is 30.5 Å². The summed E-state index contributed by atoms with van der Waals surface area (Å²) in [5.74, 6) is 0.372. The molecule has 5 nitrogen and oxygen atoms in total. The van der Waals surface area contributed by atoms with Crippen LogP contribution in [0.2, 0.25) is 5.02 Å². The summed E-state index contributed by atoms with van der Waals surface area (Å²) in [6, 6.07) is 3.20. The average Bonchev–Trinajstić information content (AvgIpc) is 2.49. The molecule has 0 bridgehead atoms. The summed E-state index contributed by atoms with van der Waals surface area (Å²) in [4.78, 5) is 0.135. The summed E-state index contributed by atoms with van der Waals surface area (Å²) in [6.45, 7) is 8.78. The zero-order valence-corrected chi connectivity index (χ0v) is 16.3. The third kappa shape index (κ3) is 4.42. The molecule has 0 N–H and O–H groups in total. The van der Waals surface area contributed by atoms with Crippen molar-refractivity contribution in [3.8, 4) is 5.75 Å². The summed E-state index contributed by atoms with van der Waals surface area (Å²) in [5.41, 5.74) is 0.797. The number of sulfonamides is 1. The molecule has 0 amide bonds. The Balaban J connectivity index is 2.38. The molecule has 0 saturated carbocycles. The zero-order valence-electron chi connectivity index (χ0n) is 14.7. The molecule has 2 atom stereocenters. The van der Waals surface area contributed by atoms with Crippen molar-refractivity contribution in [3.63, 3.8) is 0 Å². The Morgan fingerprint density at radius 2 is 1.92 bits per heavy atom. The van der Waals surface area contributed by atoms with Crippen LogP contribution in [0.3, 0.4) is 0 Å². The van der Waals surface area contributed by atoms with Crippen LogP contribution in [0, 0.1) is 6.92 Å². The van der Waals surface area contributed by atoms with Crippen molar-refractivity contribution in [3.05, 3.63) is 22.7 Å². The maximum Gasteiger partial charge on any atom is 0.246 e. The van der Waals surface area contributed by atoms with Gasteiger partial charge in [0.2, 0.25) is 10.0 Å². The summed E-state index contributed by atoms with van der Waals surface area (Å²) in [5, 5.41) is 0.422. The van der Waals surface area contributed by atoms with Gasteiger partial charge in [0.15, 0.2) is 0 Å². The molecule has 0 unspecified atom stereocenters. The number of benzene rings is 1. The first-order valence-electron chi connectivity index (χ1n) is 8.34. The second-order valence-corrected chi connectivity index (χ2v) is 8.64. The van der Waals surface area contributed by atoms with Gasteiger partial charge in [-0.3, -0.25) is 0 Å². The first kappa shape index (κ1) is 19.5. The van der Waals surface area contributed by atoms with Gasteiger partial charge in [0.25, 0.3) is 0 Å². The molecule has 1 aromatic rings. The molecule has 0 aliphatic carbocycles. The lowest BCUT2D eigenvalue weighted by Crippen LogP contribution is -2.48. The third-order valence-electron chi connectivity index (χ3n) is 3.98. The van der Waals surface area contributed by atoms with E-state index in [0.717, 1.165) is 18.4 Å². The van der Waals surface area contributed by atoms with E-state index in [4.69, 9.17) is 21.1 Å². The molecular formula is C17H26ClNO4S. The molecule has 7 heteroatoms.